The third-order valence-corrected chi connectivity index (χ3v) is 2.61. The van der Waals surface area contributed by atoms with Gasteiger partial charge in [0.15, 0.2) is 5.65 Å². The van der Waals surface area contributed by atoms with Gasteiger partial charge in [0.25, 0.3) is 5.24 Å². The predicted octanol–water partition coefficient (Wildman–Crippen LogP) is 2.52. The van der Waals surface area contributed by atoms with Gasteiger partial charge < -0.3 is 0 Å². The van der Waals surface area contributed by atoms with Crippen LogP contribution in [0.2, 0.25) is 5.15 Å². The summed E-state index contributed by atoms with van der Waals surface area (Å²) in [6.45, 7) is 0. The number of hydrogen-bond donors (Lipinski definition) is 0. The fraction of sp³-hybridized carbons (Fsp3) is 0. The summed E-state index contributed by atoms with van der Waals surface area (Å²) in [5, 5.41) is 3.57. The smallest absolute Gasteiger partial charge is 0.271 e. The molecule has 0 radical (unpaired) electrons. The summed E-state index contributed by atoms with van der Waals surface area (Å²) in [4.78, 5) is 14.9. The number of carbonyl (C=O) groups is 1. The van der Waals surface area contributed by atoms with E-state index >= 15 is 0 Å². The average molecular weight is 295 g/mol. The van der Waals surface area contributed by atoms with E-state index in [1.165, 1.54) is 16.8 Å². The molecule has 0 aliphatic carbocycles. The van der Waals surface area contributed by atoms with Crippen LogP contribution in [0.3, 0.4) is 0 Å². The lowest BCUT2D eigenvalue weighted by Gasteiger charge is -1.98. The summed E-state index contributed by atoms with van der Waals surface area (Å²) in [6.07, 6.45) is 1.54. The number of rotatable bonds is 1. The van der Waals surface area contributed by atoms with E-state index in [9.17, 15) is 4.79 Å². The molecule has 4 nitrogen and oxygen atoms in total. The zero-order valence-electron chi connectivity index (χ0n) is 6.54. The highest BCUT2D eigenvalue weighted by Crippen LogP contribution is 2.20. The first-order chi connectivity index (χ1) is 6.59. The van der Waals surface area contributed by atoms with Crippen molar-refractivity contribution in [2.45, 2.75) is 0 Å². The summed E-state index contributed by atoms with van der Waals surface area (Å²) >= 11 is 14.4. The molecule has 0 N–H and O–H groups in total. The molecule has 2 aromatic rings. The molecule has 0 fully saturated rings. The minimum Gasteiger partial charge on any atom is -0.274 e. The zero-order valence-corrected chi connectivity index (χ0v) is 9.64. The van der Waals surface area contributed by atoms with E-state index in [1.54, 1.807) is 0 Å². The molecule has 0 unspecified atom stereocenters. The van der Waals surface area contributed by atoms with Crippen molar-refractivity contribution in [1.82, 2.24) is 14.6 Å². The van der Waals surface area contributed by atoms with Crippen LogP contribution in [-0.4, -0.2) is 19.8 Å². The molecule has 0 saturated heterocycles. The first-order valence-electron chi connectivity index (χ1n) is 3.49. The molecule has 7 heteroatoms. The zero-order chi connectivity index (χ0) is 10.3. The van der Waals surface area contributed by atoms with Gasteiger partial charge in [0.05, 0.1) is 10.7 Å². The highest BCUT2D eigenvalue weighted by atomic mass is 79.9. The van der Waals surface area contributed by atoms with Gasteiger partial charge in [0.2, 0.25) is 0 Å². The number of aromatic nitrogens is 3. The maximum absolute atomic E-state index is 10.9. The average Bonchev–Trinajstić information content (AvgIpc) is 2.48. The van der Waals surface area contributed by atoms with E-state index < -0.39 is 5.24 Å². The van der Waals surface area contributed by atoms with Crippen LogP contribution >= 0.6 is 39.1 Å². The van der Waals surface area contributed by atoms with Gasteiger partial charge in [0.1, 0.15) is 10.8 Å². The SMILES string of the molecule is O=C(Cl)c1cc(Cl)n2ncc(Br)c2n1. The van der Waals surface area contributed by atoms with Crippen LogP contribution in [0.5, 0.6) is 0 Å². The highest BCUT2D eigenvalue weighted by molar-refractivity contribution is 9.10. The van der Waals surface area contributed by atoms with E-state index in [4.69, 9.17) is 23.2 Å². The van der Waals surface area contributed by atoms with Gasteiger partial charge in [-0.3, -0.25) is 4.79 Å². The van der Waals surface area contributed by atoms with Gasteiger partial charge in [-0.05, 0) is 27.5 Å². The summed E-state index contributed by atoms with van der Waals surface area (Å²) in [6, 6.07) is 1.36. The van der Waals surface area contributed by atoms with E-state index in [2.05, 4.69) is 26.0 Å². The molecule has 0 atom stereocenters. The number of halogens is 3. The Morgan fingerprint density at radius 3 is 2.93 bits per heavy atom. The first-order valence-corrected chi connectivity index (χ1v) is 5.04. The molecular formula is C7H2BrCl2N3O. The second-order valence-electron chi connectivity index (χ2n) is 2.47. The van der Waals surface area contributed by atoms with Crippen molar-refractivity contribution in [1.29, 1.82) is 0 Å². The molecular weight excluding hydrogens is 293 g/mol. The van der Waals surface area contributed by atoms with Gasteiger partial charge in [-0.2, -0.15) is 5.10 Å². The highest BCUT2D eigenvalue weighted by Gasteiger charge is 2.11. The second kappa shape index (κ2) is 3.49. The van der Waals surface area contributed by atoms with E-state index in [0.717, 1.165) is 0 Å². The van der Waals surface area contributed by atoms with Gasteiger partial charge in [0, 0.05) is 6.07 Å². The normalized spacial score (nSPS) is 10.8. The van der Waals surface area contributed by atoms with E-state index in [-0.39, 0.29) is 10.8 Å². The number of fused-ring (bicyclic) bond motifs is 1. The number of hydrogen-bond acceptors (Lipinski definition) is 3. The Morgan fingerprint density at radius 2 is 2.29 bits per heavy atom. The van der Waals surface area contributed by atoms with Crippen molar-refractivity contribution in [2.75, 3.05) is 0 Å². The van der Waals surface area contributed by atoms with Crippen LogP contribution in [0.15, 0.2) is 16.7 Å². The van der Waals surface area contributed by atoms with Gasteiger partial charge in [-0.1, -0.05) is 11.6 Å². The largest absolute Gasteiger partial charge is 0.274 e. The standard InChI is InChI=1S/C7H2BrCl2N3O/c8-3-2-11-13-5(9)1-4(6(10)14)12-7(3)13/h1-2H. The maximum Gasteiger partial charge on any atom is 0.271 e. The van der Waals surface area contributed by atoms with Gasteiger partial charge in [-0.25, -0.2) is 9.50 Å². The molecule has 0 spiro atoms. The molecule has 0 aromatic carbocycles. The quantitative estimate of drug-likeness (QED) is 0.600. The van der Waals surface area contributed by atoms with Crippen molar-refractivity contribution >= 4 is 50.0 Å². The summed E-state index contributed by atoms with van der Waals surface area (Å²) in [5.74, 6) is 0. The Morgan fingerprint density at radius 1 is 1.57 bits per heavy atom. The second-order valence-corrected chi connectivity index (χ2v) is 4.05. The van der Waals surface area contributed by atoms with E-state index in [0.29, 0.717) is 10.1 Å². The Kier molecular flexibility index (Phi) is 2.47. The van der Waals surface area contributed by atoms with Crippen LogP contribution in [0.4, 0.5) is 0 Å². The van der Waals surface area contributed by atoms with Crippen LogP contribution < -0.4 is 0 Å². The monoisotopic (exact) mass is 293 g/mol. The fourth-order valence-corrected chi connectivity index (χ4v) is 1.67. The molecule has 0 aliphatic rings. The molecule has 0 saturated carbocycles. The Hall–Kier alpha value is -0.650. The van der Waals surface area contributed by atoms with Crippen LogP contribution in [-0.2, 0) is 0 Å². The topological polar surface area (TPSA) is 47.3 Å². The minimum atomic E-state index is -0.650. The Bertz CT molecular complexity index is 525. The Labute approximate surface area is 97.0 Å². The number of nitrogens with zero attached hydrogens (tertiary/aromatic N) is 3. The van der Waals surface area contributed by atoms with Crippen molar-refractivity contribution in [3.05, 3.63) is 27.6 Å². The molecule has 14 heavy (non-hydrogen) atoms. The lowest BCUT2D eigenvalue weighted by Crippen LogP contribution is -1.99. The number of carbonyl (C=O) groups excluding carboxylic acids is 1. The Balaban J connectivity index is 2.82. The molecule has 0 aliphatic heterocycles. The van der Waals surface area contributed by atoms with Gasteiger partial charge in [-0.15, -0.1) is 0 Å². The predicted molar refractivity (Wildman–Crippen MR) is 55.9 cm³/mol. The van der Waals surface area contributed by atoms with Gasteiger partial charge >= 0.3 is 0 Å². The summed E-state index contributed by atoms with van der Waals surface area (Å²) < 4.78 is 2.05. The lowest BCUT2D eigenvalue weighted by molar-refractivity contribution is 0.107. The van der Waals surface area contributed by atoms with Crippen LogP contribution in [0.1, 0.15) is 10.5 Å². The third kappa shape index (κ3) is 1.51. The van der Waals surface area contributed by atoms with E-state index in [1.807, 2.05) is 0 Å². The lowest BCUT2D eigenvalue weighted by atomic mass is 10.4. The minimum absolute atomic E-state index is 0.102. The van der Waals surface area contributed by atoms with Crippen molar-refractivity contribution in [2.24, 2.45) is 0 Å². The molecule has 0 bridgehead atoms. The van der Waals surface area contributed by atoms with Crippen molar-refractivity contribution < 1.29 is 4.79 Å². The third-order valence-electron chi connectivity index (χ3n) is 1.59. The van der Waals surface area contributed by atoms with Crippen molar-refractivity contribution in [3.63, 3.8) is 0 Å². The molecule has 72 valence electrons. The molecule has 2 aromatic heterocycles. The molecule has 2 heterocycles. The van der Waals surface area contributed by atoms with Crippen molar-refractivity contribution in [3.8, 4) is 0 Å². The molecule has 0 amide bonds. The van der Waals surface area contributed by atoms with Crippen LogP contribution in [0.25, 0.3) is 5.65 Å². The summed E-state index contributed by atoms with van der Waals surface area (Å²) in [7, 11) is 0. The van der Waals surface area contributed by atoms with Crippen LogP contribution in [0, 0.1) is 0 Å². The molecule has 2 rings (SSSR count). The maximum atomic E-state index is 10.9. The fourth-order valence-electron chi connectivity index (χ4n) is 1.00. The first kappa shape index (κ1) is 9.89. The summed E-state index contributed by atoms with van der Waals surface area (Å²) in [5.41, 5.74) is 0.562.